The summed E-state index contributed by atoms with van der Waals surface area (Å²) in [7, 11) is 0. The first-order valence-electron chi connectivity index (χ1n) is 5.88. The summed E-state index contributed by atoms with van der Waals surface area (Å²) in [5, 5.41) is 1.12. The Hall–Kier alpha value is -1.52. The van der Waals surface area contributed by atoms with Gasteiger partial charge in [0.05, 0.1) is 19.5 Å². The molecule has 1 fully saturated rings. The molecule has 17 heavy (non-hydrogen) atoms. The smallest absolute Gasteiger partial charge is 0.134 e. The lowest BCUT2D eigenvalue weighted by Crippen LogP contribution is -2.35. The van der Waals surface area contributed by atoms with Crippen LogP contribution in [0.4, 0.5) is 5.69 Å². The third kappa shape index (κ3) is 2.14. The molecule has 1 saturated heterocycles. The van der Waals surface area contributed by atoms with Crippen LogP contribution in [0.15, 0.2) is 28.9 Å². The van der Waals surface area contributed by atoms with Gasteiger partial charge in [0.1, 0.15) is 5.58 Å². The van der Waals surface area contributed by atoms with Crippen molar-refractivity contribution >= 4 is 16.7 Å². The number of furan rings is 1. The first-order chi connectivity index (χ1) is 8.33. The van der Waals surface area contributed by atoms with Crippen molar-refractivity contribution in [3.8, 4) is 0 Å². The van der Waals surface area contributed by atoms with Crippen molar-refractivity contribution in [2.75, 3.05) is 32.0 Å². The molecular formula is C13H16N2O2. The minimum atomic E-state index is 0.780. The predicted molar refractivity (Wildman–Crippen MR) is 66.7 cm³/mol. The molecule has 1 aromatic heterocycles. The lowest BCUT2D eigenvalue weighted by Gasteiger charge is -2.26. The van der Waals surface area contributed by atoms with E-state index in [-0.39, 0.29) is 0 Å². The average molecular weight is 232 g/mol. The van der Waals surface area contributed by atoms with E-state index in [1.165, 1.54) is 5.56 Å². The highest BCUT2D eigenvalue weighted by Crippen LogP contribution is 2.24. The molecule has 90 valence electrons. The zero-order valence-electron chi connectivity index (χ0n) is 9.69. The Kier molecular flexibility index (Phi) is 2.74. The first kappa shape index (κ1) is 10.6. The van der Waals surface area contributed by atoms with Crippen LogP contribution in [-0.2, 0) is 11.3 Å². The molecule has 0 atom stereocenters. The molecule has 0 amide bonds. The second-order valence-corrected chi connectivity index (χ2v) is 4.41. The third-order valence-electron chi connectivity index (χ3n) is 3.18. The molecule has 4 heteroatoms. The number of benzene rings is 1. The lowest BCUT2D eigenvalue weighted by molar-refractivity contribution is 0.0342. The Morgan fingerprint density at radius 3 is 2.88 bits per heavy atom. The van der Waals surface area contributed by atoms with Gasteiger partial charge in [-0.1, -0.05) is 0 Å². The Labute approximate surface area is 99.9 Å². The summed E-state index contributed by atoms with van der Waals surface area (Å²) in [6.07, 6.45) is 1.83. The van der Waals surface area contributed by atoms with Gasteiger partial charge in [0.25, 0.3) is 0 Å². The van der Waals surface area contributed by atoms with E-state index < -0.39 is 0 Å². The Morgan fingerprint density at radius 1 is 1.24 bits per heavy atom. The van der Waals surface area contributed by atoms with E-state index >= 15 is 0 Å². The number of rotatable bonds is 2. The predicted octanol–water partition coefficient (Wildman–Crippen LogP) is 1.85. The number of anilines is 1. The van der Waals surface area contributed by atoms with Crippen LogP contribution in [-0.4, -0.2) is 31.2 Å². The van der Waals surface area contributed by atoms with Crippen molar-refractivity contribution in [2.45, 2.75) is 6.54 Å². The van der Waals surface area contributed by atoms with Crippen molar-refractivity contribution in [3.05, 3.63) is 30.0 Å². The number of ether oxygens (including phenoxy) is 1. The van der Waals surface area contributed by atoms with E-state index in [1.54, 1.807) is 0 Å². The third-order valence-corrected chi connectivity index (χ3v) is 3.18. The second-order valence-electron chi connectivity index (χ2n) is 4.41. The largest absolute Gasteiger partial charge is 0.464 e. The molecule has 0 spiro atoms. The minimum absolute atomic E-state index is 0.780. The number of hydrogen-bond acceptors (Lipinski definition) is 4. The molecule has 2 N–H and O–H groups in total. The number of hydrogen-bond donors (Lipinski definition) is 1. The van der Waals surface area contributed by atoms with Crippen LogP contribution in [0.25, 0.3) is 11.0 Å². The highest BCUT2D eigenvalue weighted by molar-refractivity contribution is 5.84. The molecule has 2 aromatic rings. The molecule has 0 saturated carbocycles. The highest BCUT2D eigenvalue weighted by Gasteiger charge is 2.14. The standard InChI is InChI=1S/C13H16N2O2/c14-11-1-2-13-12(7-11)10(9-17-13)8-15-3-5-16-6-4-15/h1-2,7,9H,3-6,8,14H2. The van der Waals surface area contributed by atoms with Crippen molar-refractivity contribution in [2.24, 2.45) is 0 Å². The van der Waals surface area contributed by atoms with Crippen LogP contribution in [0.1, 0.15) is 5.56 Å². The van der Waals surface area contributed by atoms with E-state index in [0.29, 0.717) is 0 Å². The average Bonchev–Trinajstić information content (AvgIpc) is 2.73. The van der Waals surface area contributed by atoms with E-state index in [4.69, 9.17) is 14.9 Å². The van der Waals surface area contributed by atoms with E-state index in [9.17, 15) is 0 Å². The summed E-state index contributed by atoms with van der Waals surface area (Å²) >= 11 is 0. The molecule has 1 aromatic carbocycles. The number of morpholine rings is 1. The van der Waals surface area contributed by atoms with E-state index in [1.807, 2.05) is 24.5 Å². The summed E-state index contributed by atoms with van der Waals surface area (Å²) < 4.78 is 10.9. The summed E-state index contributed by atoms with van der Waals surface area (Å²) in [4.78, 5) is 2.37. The van der Waals surface area contributed by atoms with Crippen LogP contribution in [0.2, 0.25) is 0 Å². The van der Waals surface area contributed by atoms with Crippen LogP contribution >= 0.6 is 0 Å². The number of nitrogens with zero attached hydrogens (tertiary/aromatic N) is 1. The minimum Gasteiger partial charge on any atom is -0.464 e. The number of nitrogens with two attached hydrogens (primary N) is 1. The fourth-order valence-electron chi connectivity index (χ4n) is 2.22. The van der Waals surface area contributed by atoms with Crippen molar-refractivity contribution < 1.29 is 9.15 Å². The van der Waals surface area contributed by atoms with E-state index in [2.05, 4.69) is 4.90 Å². The number of nitrogen functional groups attached to an aromatic ring is 1. The lowest BCUT2D eigenvalue weighted by atomic mass is 10.1. The molecule has 3 rings (SSSR count). The summed E-state index contributed by atoms with van der Waals surface area (Å²) in [5.74, 6) is 0. The van der Waals surface area contributed by atoms with E-state index in [0.717, 1.165) is 49.5 Å². The molecule has 2 heterocycles. The second kappa shape index (κ2) is 4.39. The SMILES string of the molecule is Nc1ccc2occ(CN3CCOCC3)c2c1. The Bertz CT molecular complexity index is 515. The fourth-order valence-corrected chi connectivity index (χ4v) is 2.22. The molecule has 1 aliphatic heterocycles. The highest BCUT2D eigenvalue weighted by atomic mass is 16.5. The van der Waals surface area contributed by atoms with Crippen LogP contribution in [0, 0.1) is 0 Å². The van der Waals surface area contributed by atoms with Crippen LogP contribution in [0.3, 0.4) is 0 Å². The zero-order valence-corrected chi connectivity index (χ0v) is 9.69. The maximum Gasteiger partial charge on any atom is 0.134 e. The Morgan fingerprint density at radius 2 is 2.06 bits per heavy atom. The van der Waals surface area contributed by atoms with Gasteiger partial charge in [0.15, 0.2) is 0 Å². The van der Waals surface area contributed by atoms with Crippen molar-refractivity contribution in [1.29, 1.82) is 0 Å². The number of fused-ring (bicyclic) bond motifs is 1. The molecule has 0 bridgehead atoms. The van der Waals surface area contributed by atoms with Gasteiger partial charge in [-0.15, -0.1) is 0 Å². The van der Waals surface area contributed by atoms with Gasteiger partial charge >= 0.3 is 0 Å². The monoisotopic (exact) mass is 232 g/mol. The fraction of sp³-hybridized carbons (Fsp3) is 0.385. The van der Waals surface area contributed by atoms with Gasteiger partial charge in [-0.25, -0.2) is 0 Å². The maximum atomic E-state index is 5.81. The molecule has 1 aliphatic rings. The quantitative estimate of drug-likeness (QED) is 0.803. The van der Waals surface area contributed by atoms with Crippen molar-refractivity contribution in [3.63, 3.8) is 0 Å². The molecule has 4 nitrogen and oxygen atoms in total. The molecule has 0 unspecified atom stereocenters. The van der Waals surface area contributed by atoms with Gasteiger partial charge in [0, 0.05) is 36.3 Å². The van der Waals surface area contributed by atoms with Gasteiger partial charge in [-0.05, 0) is 18.2 Å². The van der Waals surface area contributed by atoms with Gasteiger partial charge < -0.3 is 14.9 Å². The topological polar surface area (TPSA) is 51.6 Å². The molecule has 0 radical (unpaired) electrons. The zero-order chi connectivity index (χ0) is 11.7. The first-order valence-corrected chi connectivity index (χ1v) is 5.88. The van der Waals surface area contributed by atoms with Gasteiger partial charge in [-0.2, -0.15) is 0 Å². The summed E-state index contributed by atoms with van der Waals surface area (Å²) in [5.41, 5.74) is 8.70. The molecule has 0 aliphatic carbocycles. The Balaban J connectivity index is 1.86. The summed E-state index contributed by atoms with van der Waals surface area (Å²) in [6, 6.07) is 5.77. The van der Waals surface area contributed by atoms with Crippen LogP contribution < -0.4 is 5.73 Å². The summed E-state index contributed by atoms with van der Waals surface area (Å²) in [6.45, 7) is 4.50. The van der Waals surface area contributed by atoms with Crippen LogP contribution in [0.5, 0.6) is 0 Å². The maximum absolute atomic E-state index is 5.81. The normalized spacial score (nSPS) is 17.6. The molecular weight excluding hydrogens is 216 g/mol. The van der Waals surface area contributed by atoms with Gasteiger partial charge in [-0.3, -0.25) is 4.90 Å². The van der Waals surface area contributed by atoms with Crippen molar-refractivity contribution in [1.82, 2.24) is 4.90 Å². The van der Waals surface area contributed by atoms with Gasteiger partial charge in [0.2, 0.25) is 0 Å².